The van der Waals surface area contributed by atoms with Crippen LogP contribution < -0.4 is 5.32 Å². The standard InChI is InChI=1S/C18H27N3O2/c1-14-5-7-15(8-6-14)12-20-18(19-2)21-9-11-23-17(13-21)16-4-3-10-22-16/h5-8,16-17H,3-4,9-13H2,1-2H3,(H,19,20). The summed E-state index contributed by atoms with van der Waals surface area (Å²) in [6.07, 6.45) is 2.65. The summed E-state index contributed by atoms with van der Waals surface area (Å²) in [5, 5.41) is 3.47. The molecule has 1 aromatic rings. The number of nitrogens with one attached hydrogen (secondary N) is 1. The Kier molecular flexibility index (Phi) is 5.51. The molecule has 0 bridgehead atoms. The van der Waals surface area contributed by atoms with E-state index in [1.165, 1.54) is 11.1 Å². The molecule has 2 aliphatic heterocycles. The van der Waals surface area contributed by atoms with E-state index in [-0.39, 0.29) is 12.2 Å². The molecule has 0 saturated carbocycles. The summed E-state index contributed by atoms with van der Waals surface area (Å²) in [6.45, 7) is 6.21. The first-order valence-corrected chi connectivity index (χ1v) is 8.50. The molecule has 3 rings (SSSR count). The minimum absolute atomic E-state index is 0.157. The van der Waals surface area contributed by atoms with Crippen LogP contribution in [-0.2, 0) is 16.0 Å². The fourth-order valence-electron chi connectivity index (χ4n) is 3.21. The zero-order valence-electron chi connectivity index (χ0n) is 14.1. The highest BCUT2D eigenvalue weighted by molar-refractivity contribution is 5.80. The van der Waals surface area contributed by atoms with Gasteiger partial charge in [0.1, 0.15) is 6.10 Å². The van der Waals surface area contributed by atoms with Crippen molar-refractivity contribution in [1.29, 1.82) is 0 Å². The van der Waals surface area contributed by atoms with Crippen LogP contribution in [0, 0.1) is 6.92 Å². The van der Waals surface area contributed by atoms with Gasteiger partial charge < -0.3 is 19.7 Å². The van der Waals surface area contributed by atoms with Crippen molar-refractivity contribution in [3.05, 3.63) is 35.4 Å². The maximum Gasteiger partial charge on any atom is 0.194 e. The van der Waals surface area contributed by atoms with Gasteiger partial charge in [-0.3, -0.25) is 4.99 Å². The summed E-state index contributed by atoms with van der Waals surface area (Å²) >= 11 is 0. The van der Waals surface area contributed by atoms with E-state index in [2.05, 4.69) is 46.4 Å². The minimum Gasteiger partial charge on any atom is -0.375 e. The quantitative estimate of drug-likeness (QED) is 0.684. The third-order valence-corrected chi connectivity index (χ3v) is 4.56. The van der Waals surface area contributed by atoms with Crippen molar-refractivity contribution in [3.8, 4) is 0 Å². The Bertz CT molecular complexity index is 524. The topological polar surface area (TPSA) is 46.1 Å². The van der Waals surface area contributed by atoms with E-state index in [0.717, 1.165) is 51.6 Å². The molecule has 126 valence electrons. The van der Waals surface area contributed by atoms with Gasteiger partial charge in [0, 0.05) is 33.3 Å². The zero-order chi connectivity index (χ0) is 16.1. The van der Waals surface area contributed by atoms with E-state index in [0.29, 0.717) is 0 Å². The van der Waals surface area contributed by atoms with Crippen LogP contribution in [0.15, 0.2) is 29.3 Å². The van der Waals surface area contributed by atoms with Crippen molar-refractivity contribution in [2.75, 3.05) is 33.4 Å². The maximum absolute atomic E-state index is 5.91. The normalized spacial score (nSPS) is 25.7. The van der Waals surface area contributed by atoms with Crippen LogP contribution in [0.4, 0.5) is 0 Å². The number of aryl methyl sites for hydroxylation is 1. The van der Waals surface area contributed by atoms with Gasteiger partial charge in [0.15, 0.2) is 5.96 Å². The Labute approximate surface area is 138 Å². The first-order valence-electron chi connectivity index (χ1n) is 8.50. The highest BCUT2D eigenvalue weighted by Gasteiger charge is 2.32. The Balaban J connectivity index is 1.55. The number of hydrogen-bond donors (Lipinski definition) is 1. The second kappa shape index (κ2) is 7.79. The lowest BCUT2D eigenvalue weighted by Crippen LogP contribution is -2.53. The number of hydrogen-bond acceptors (Lipinski definition) is 3. The Hall–Kier alpha value is -1.59. The number of guanidine groups is 1. The zero-order valence-corrected chi connectivity index (χ0v) is 14.1. The van der Waals surface area contributed by atoms with Gasteiger partial charge >= 0.3 is 0 Å². The van der Waals surface area contributed by atoms with E-state index in [1.807, 2.05) is 7.05 Å². The van der Waals surface area contributed by atoms with Crippen LogP contribution >= 0.6 is 0 Å². The van der Waals surface area contributed by atoms with Gasteiger partial charge in [-0.15, -0.1) is 0 Å². The fourth-order valence-corrected chi connectivity index (χ4v) is 3.21. The van der Waals surface area contributed by atoms with E-state index in [1.54, 1.807) is 0 Å². The van der Waals surface area contributed by atoms with Crippen LogP contribution in [0.2, 0.25) is 0 Å². The fraction of sp³-hybridized carbons (Fsp3) is 0.611. The second-order valence-corrected chi connectivity index (χ2v) is 6.29. The van der Waals surface area contributed by atoms with E-state index < -0.39 is 0 Å². The molecular weight excluding hydrogens is 290 g/mol. The molecule has 0 aromatic heterocycles. The monoisotopic (exact) mass is 317 g/mol. The molecule has 2 unspecified atom stereocenters. The van der Waals surface area contributed by atoms with Crippen LogP contribution in [0.3, 0.4) is 0 Å². The van der Waals surface area contributed by atoms with Gasteiger partial charge in [-0.25, -0.2) is 0 Å². The average Bonchev–Trinajstić information content (AvgIpc) is 3.12. The van der Waals surface area contributed by atoms with Crippen LogP contribution in [0.1, 0.15) is 24.0 Å². The number of rotatable bonds is 3. The minimum atomic E-state index is 0.157. The predicted octanol–water partition coefficient (Wildman–Crippen LogP) is 1.95. The van der Waals surface area contributed by atoms with Crippen molar-refractivity contribution in [1.82, 2.24) is 10.2 Å². The number of benzene rings is 1. The van der Waals surface area contributed by atoms with Gasteiger partial charge in [0.05, 0.1) is 12.7 Å². The van der Waals surface area contributed by atoms with Crippen molar-refractivity contribution in [2.24, 2.45) is 4.99 Å². The lowest BCUT2D eigenvalue weighted by molar-refractivity contribution is -0.0817. The lowest BCUT2D eigenvalue weighted by atomic mass is 10.1. The summed E-state index contributed by atoms with van der Waals surface area (Å²) in [4.78, 5) is 6.72. The van der Waals surface area contributed by atoms with Gasteiger partial charge in [-0.1, -0.05) is 29.8 Å². The molecule has 0 amide bonds. The smallest absolute Gasteiger partial charge is 0.194 e. The van der Waals surface area contributed by atoms with E-state index in [9.17, 15) is 0 Å². The molecule has 2 heterocycles. The second-order valence-electron chi connectivity index (χ2n) is 6.29. The molecule has 0 spiro atoms. The molecular formula is C18H27N3O2. The van der Waals surface area contributed by atoms with Gasteiger partial charge in [-0.2, -0.15) is 0 Å². The molecule has 2 aliphatic rings. The molecule has 5 nitrogen and oxygen atoms in total. The summed E-state index contributed by atoms with van der Waals surface area (Å²) in [7, 11) is 1.84. The number of aliphatic imine (C=N–C) groups is 1. The Morgan fingerprint density at radius 3 is 2.70 bits per heavy atom. The molecule has 2 fully saturated rings. The summed E-state index contributed by atoms with van der Waals surface area (Å²) in [6, 6.07) is 8.60. The van der Waals surface area contributed by atoms with Crippen LogP contribution in [-0.4, -0.2) is 56.4 Å². The lowest BCUT2D eigenvalue weighted by Gasteiger charge is -2.37. The van der Waals surface area contributed by atoms with E-state index >= 15 is 0 Å². The van der Waals surface area contributed by atoms with Gasteiger partial charge in [0.25, 0.3) is 0 Å². The van der Waals surface area contributed by atoms with Crippen molar-refractivity contribution in [3.63, 3.8) is 0 Å². The van der Waals surface area contributed by atoms with Gasteiger partial charge in [0.2, 0.25) is 0 Å². The summed E-state index contributed by atoms with van der Waals surface area (Å²) < 4.78 is 11.7. The molecule has 1 aromatic carbocycles. The third-order valence-electron chi connectivity index (χ3n) is 4.56. The molecule has 2 atom stereocenters. The highest BCUT2D eigenvalue weighted by atomic mass is 16.5. The first-order chi connectivity index (χ1) is 11.3. The molecule has 1 N–H and O–H groups in total. The summed E-state index contributed by atoms with van der Waals surface area (Å²) in [5.74, 6) is 0.942. The van der Waals surface area contributed by atoms with Gasteiger partial charge in [-0.05, 0) is 25.3 Å². The maximum atomic E-state index is 5.91. The van der Waals surface area contributed by atoms with E-state index in [4.69, 9.17) is 9.47 Å². The van der Waals surface area contributed by atoms with Crippen LogP contribution in [0.5, 0.6) is 0 Å². The average molecular weight is 317 g/mol. The number of nitrogens with zero attached hydrogens (tertiary/aromatic N) is 2. The molecule has 0 aliphatic carbocycles. The molecule has 2 saturated heterocycles. The van der Waals surface area contributed by atoms with Crippen molar-refractivity contribution >= 4 is 5.96 Å². The molecule has 0 radical (unpaired) electrons. The molecule has 5 heteroatoms. The van der Waals surface area contributed by atoms with Crippen molar-refractivity contribution in [2.45, 2.75) is 38.5 Å². The largest absolute Gasteiger partial charge is 0.375 e. The number of morpholine rings is 1. The van der Waals surface area contributed by atoms with Crippen molar-refractivity contribution < 1.29 is 9.47 Å². The summed E-state index contributed by atoms with van der Waals surface area (Å²) in [5.41, 5.74) is 2.55. The van der Waals surface area contributed by atoms with Crippen LogP contribution in [0.25, 0.3) is 0 Å². The highest BCUT2D eigenvalue weighted by Crippen LogP contribution is 2.21. The molecule has 23 heavy (non-hydrogen) atoms. The first kappa shape index (κ1) is 16.3. The number of ether oxygens (including phenoxy) is 2. The SMILES string of the molecule is CN=C(NCc1ccc(C)cc1)N1CCOC(C2CCCO2)C1. The Morgan fingerprint density at radius 2 is 2.00 bits per heavy atom. The third kappa shape index (κ3) is 4.24. The predicted molar refractivity (Wildman–Crippen MR) is 91.7 cm³/mol. The Morgan fingerprint density at radius 1 is 1.22 bits per heavy atom.